The van der Waals surface area contributed by atoms with Gasteiger partial charge in [0.2, 0.25) is 0 Å². The van der Waals surface area contributed by atoms with E-state index < -0.39 is 0 Å². The third kappa shape index (κ3) is 1.32. The van der Waals surface area contributed by atoms with Gasteiger partial charge in [-0.1, -0.05) is 6.08 Å². The van der Waals surface area contributed by atoms with E-state index in [4.69, 9.17) is 11.6 Å². The fraction of sp³-hybridized carbons (Fsp3) is 0.286. The molecule has 0 bridgehead atoms. The van der Waals surface area contributed by atoms with Crippen LogP contribution in [0.15, 0.2) is 18.9 Å². The van der Waals surface area contributed by atoms with Crippen LogP contribution in [-0.4, -0.2) is 9.78 Å². The Morgan fingerprint density at radius 2 is 2.50 bits per heavy atom. The number of nitrogens with one attached hydrogen (secondary N) is 1. The van der Waals surface area contributed by atoms with E-state index in [1.165, 1.54) is 0 Å². The van der Waals surface area contributed by atoms with E-state index in [9.17, 15) is 0 Å². The van der Waals surface area contributed by atoms with Crippen molar-refractivity contribution in [2.24, 2.45) is 12.9 Å². The van der Waals surface area contributed by atoms with Crippen LogP contribution in [-0.2, 0) is 7.05 Å². The number of nitrogens with two attached hydrogens (primary N) is 2. The third-order valence-electron chi connectivity index (χ3n) is 1.76. The lowest BCUT2D eigenvalue weighted by atomic mass is 10.1. The monoisotopic (exact) mass is 167 g/mol. The maximum Gasteiger partial charge on any atom is 0.126 e. The van der Waals surface area contributed by atoms with Crippen LogP contribution in [0.2, 0.25) is 0 Å². The summed E-state index contributed by atoms with van der Waals surface area (Å²) in [6.45, 7) is 3.62. The predicted octanol–water partition coefficient (Wildman–Crippen LogP) is -0.307. The first-order chi connectivity index (χ1) is 5.70. The highest BCUT2D eigenvalue weighted by Crippen LogP contribution is 2.18. The maximum atomic E-state index is 5.71. The van der Waals surface area contributed by atoms with Gasteiger partial charge >= 0.3 is 0 Å². The Bertz CT molecular complexity index is 277. The van der Waals surface area contributed by atoms with Gasteiger partial charge in [-0.3, -0.25) is 10.5 Å². The van der Waals surface area contributed by atoms with Crippen molar-refractivity contribution in [3.8, 4) is 0 Å². The summed E-state index contributed by atoms with van der Waals surface area (Å²) >= 11 is 0. The SMILES string of the molecule is C=CC(NN)c1cnn(C)c1N. The Hall–Kier alpha value is -1.33. The van der Waals surface area contributed by atoms with Crippen LogP contribution in [0.25, 0.3) is 0 Å². The molecule has 0 aliphatic rings. The zero-order chi connectivity index (χ0) is 9.14. The van der Waals surface area contributed by atoms with Gasteiger partial charge in [0, 0.05) is 12.6 Å². The summed E-state index contributed by atoms with van der Waals surface area (Å²) in [6, 6.07) is -0.140. The van der Waals surface area contributed by atoms with E-state index in [0.29, 0.717) is 5.82 Å². The molecule has 1 aromatic heterocycles. The predicted molar refractivity (Wildman–Crippen MR) is 47.9 cm³/mol. The van der Waals surface area contributed by atoms with Gasteiger partial charge in [0.25, 0.3) is 0 Å². The van der Waals surface area contributed by atoms with Gasteiger partial charge in [-0.2, -0.15) is 5.10 Å². The second-order valence-electron chi connectivity index (χ2n) is 2.49. The molecule has 0 amide bonds. The van der Waals surface area contributed by atoms with Gasteiger partial charge in [0.1, 0.15) is 5.82 Å². The minimum atomic E-state index is -0.140. The third-order valence-corrected chi connectivity index (χ3v) is 1.76. The maximum absolute atomic E-state index is 5.71. The summed E-state index contributed by atoms with van der Waals surface area (Å²) in [6.07, 6.45) is 3.34. The summed E-state index contributed by atoms with van der Waals surface area (Å²) in [5.74, 6) is 5.87. The van der Waals surface area contributed by atoms with Crippen molar-refractivity contribution < 1.29 is 0 Å². The number of hydrogen-bond donors (Lipinski definition) is 3. The molecule has 1 atom stereocenters. The Balaban J connectivity index is 3.00. The van der Waals surface area contributed by atoms with Crippen molar-refractivity contribution in [1.82, 2.24) is 15.2 Å². The van der Waals surface area contributed by atoms with E-state index in [-0.39, 0.29) is 6.04 Å². The zero-order valence-electron chi connectivity index (χ0n) is 6.99. The first-order valence-corrected chi connectivity index (χ1v) is 3.56. The molecule has 1 aromatic rings. The molecule has 5 nitrogen and oxygen atoms in total. The van der Waals surface area contributed by atoms with E-state index in [2.05, 4.69) is 17.1 Å². The molecule has 5 heteroatoms. The van der Waals surface area contributed by atoms with Crippen molar-refractivity contribution >= 4 is 5.82 Å². The van der Waals surface area contributed by atoms with E-state index in [1.54, 1.807) is 24.0 Å². The summed E-state index contributed by atoms with van der Waals surface area (Å²) in [4.78, 5) is 0. The van der Waals surface area contributed by atoms with Crippen molar-refractivity contribution in [3.63, 3.8) is 0 Å². The van der Waals surface area contributed by atoms with Gasteiger partial charge < -0.3 is 5.73 Å². The fourth-order valence-electron chi connectivity index (χ4n) is 0.988. The summed E-state index contributed by atoms with van der Waals surface area (Å²) in [5, 5.41) is 3.98. The van der Waals surface area contributed by atoms with Crippen molar-refractivity contribution in [1.29, 1.82) is 0 Å². The summed E-state index contributed by atoms with van der Waals surface area (Å²) in [5.41, 5.74) is 9.13. The zero-order valence-corrected chi connectivity index (χ0v) is 6.99. The molecule has 0 radical (unpaired) electrons. The van der Waals surface area contributed by atoms with Crippen LogP contribution >= 0.6 is 0 Å². The lowest BCUT2D eigenvalue weighted by Crippen LogP contribution is -2.26. The number of rotatable bonds is 3. The lowest BCUT2D eigenvalue weighted by Gasteiger charge is -2.09. The van der Waals surface area contributed by atoms with E-state index in [0.717, 1.165) is 5.56 Å². The topological polar surface area (TPSA) is 81.9 Å². The van der Waals surface area contributed by atoms with Crippen LogP contribution in [0.5, 0.6) is 0 Å². The highest BCUT2D eigenvalue weighted by Gasteiger charge is 2.11. The number of hydrogen-bond acceptors (Lipinski definition) is 4. The number of aromatic nitrogens is 2. The molecule has 0 spiro atoms. The van der Waals surface area contributed by atoms with Crippen molar-refractivity contribution in [2.45, 2.75) is 6.04 Å². The number of anilines is 1. The van der Waals surface area contributed by atoms with Gasteiger partial charge in [0.15, 0.2) is 0 Å². The standard InChI is InChI=1S/C7H13N5/c1-3-6(11-9)5-4-10-12(2)7(5)8/h3-4,6,11H,1,8-9H2,2H3. The van der Waals surface area contributed by atoms with Gasteiger partial charge in [-0.25, -0.2) is 5.43 Å². The molecule has 0 saturated heterocycles. The van der Waals surface area contributed by atoms with Gasteiger partial charge in [-0.15, -0.1) is 6.58 Å². The molecule has 0 saturated carbocycles. The average molecular weight is 167 g/mol. The Morgan fingerprint density at radius 1 is 1.83 bits per heavy atom. The Labute approximate surface area is 71.0 Å². The van der Waals surface area contributed by atoms with Crippen LogP contribution < -0.4 is 17.0 Å². The summed E-state index contributed by atoms with van der Waals surface area (Å²) < 4.78 is 1.59. The lowest BCUT2D eigenvalue weighted by molar-refractivity contribution is 0.658. The molecule has 12 heavy (non-hydrogen) atoms. The molecule has 1 heterocycles. The van der Waals surface area contributed by atoms with E-state index >= 15 is 0 Å². The number of nitrogen functional groups attached to an aromatic ring is 1. The molecule has 66 valence electrons. The average Bonchev–Trinajstić information content (AvgIpc) is 2.38. The Kier molecular flexibility index (Phi) is 2.47. The van der Waals surface area contributed by atoms with Crippen LogP contribution in [0.3, 0.4) is 0 Å². The van der Waals surface area contributed by atoms with Gasteiger partial charge in [0.05, 0.1) is 12.2 Å². The molecule has 0 aliphatic carbocycles. The van der Waals surface area contributed by atoms with Crippen LogP contribution in [0.1, 0.15) is 11.6 Å². The quantitative estimate of drug-likeness (QED) is 0.328. The van der Waals surface area contributed by atoms with Crippen LogP contribution in [0.4, 0.5) is 5.82 Å². The highest BCUT2D eigenvalue weighted by molar-refractivity contribution is 5.42. The molecular weight excluding hydrogens is 154 g/mol. The molecule has 1 unspecified atom stereocenters. The van der Waals surface area contributed by atoms with Crippen molar-refractivity contribution in [3.05, 3.63) is 24.4 Å². The molecule has 5 N–H and O–H groups in total. The Morgan fingerprint density at radius 3 is 2.83 bits per heavy atom. The molecule has 1 rings (SSSR count). The number of aryl methyl sites for hydroxylation is 1. The van der Waals surface area contributed by atoms with E-state index in [1.807, 2.05) is 0 Å². The van der Waals surface area contributed by atoms with Gasteiger partial charge in [-0.05, 0) is 0 Å². The molecule has 0 aromatic carbocycles. The summed E-state index contributed by atoms with van der Waals surface area (Å²) in [7, 11) is 1.77. The first kappa shape index (κ1) is 8.76. The minimum absolute atomic E-state index is 0.140. The second-order valence-corrected chi connectivity index (χ2v) is 2.49. The highest BCUT2D eigenvalue weighted by atomic mass is 15.3. The largest absolute Gasteiger partial charge is 0.384 e. The minimum Gasteiger partial charge on any atom is -0.384 e. The van der Waals surface area contributed by atoms with Crippen molar-refractivity contribution in [2.75, 3.05) is 5.73 Å². The molecule has 0 aliphatic heterocycles. The second kappa shape index (κ2) is 3.38. The first-order valence-electron chi connectivity index (χ1n) is 3.56. The fourth-order valence-corrected chi connectivity index (χ4v) is 0.988. The number of nitrogens with zero attached hydrogens (tertiary/aromatic N) is 2. The molecule has 0 fully saturated rings. The molecular formula is C7H13N5. The van der Waals surface area contributed by atoms with Crippen LogP contribution in [0, 0.1) is 0 Å². The normalized spacial score (nSPS) is 12.8. The smallest absolute Gasteiger partial charge is 0.126 e. The number of hydrazine groups is 1.